The minimum atomic E-state index is -0.421. The Morgan fingerprint density at radius 1 is 1.19 bits per heavy atom. The molecule has 0 atom stereocenters. The van der Waals surface area contributed by atoms with Gasteiger partial charge < -0.3 is 15.4 Å². The molecule has 0 radical (unpaired) electrons. The number of aryl methyl sites for hydroxylation is 1. The highest BCUT2D eigenvalue weighted by Gasteiger charge is 2.22. The van der Waals surface area contributed by atoms with E-state index in [9.17, 15) is 14.0 Å². The van der Waals surface area contributed by atoms with Crippen molar-refractivity contribution in [1.82, 2.24) is 5.32 Å². The van der Waals surface area contributed by atoms with Gasteiger partial charge in [-0.05, 0) is 43.5 Å². The van der Waals surface area contributed by atoms with Gasteiger partial charge >= 0.3 is 5.97 Å². The summed E-state index contributed by atoms with van der Waals surface area (Å²) in [5, 5.41) is 6.32. The van der Waals surface area contributed by atoms with Crippen LogP contribution in [0.4, 0.5) is 9.39 Å². The maximum atomic E-state index is 12.9. The van der Waals surface area contributed by atoms with E-state index in [4.69, 9.17) is 4.74 Å². The molecular formula is C19H23FN2O3S. The maximum Gasteiger partial charge on any atom is 0.341 e. The first kappa shape index (κ1) is 20.1. The molecule has 7 heteroatoms. The van der Waals surface area contributed by atoms with Gasteiger partial charge in [-0.2, -0.15) is 0 Å². The van der Waals surface area contributed by atoms with E-state index in [0.29, 0.717) is 17.1 Å². The fourth-order valence-corrected chi connectivity index (χ4v) is 3.68. The molecule has 1 amide bonds. The van der Waals surface area contributed by atoms with Gasteiger partial charge in [0.15, 0.2) is 0 Å². The molecule has 26 heavy (non-hydrogen) atoms. The average Bonchev–Trinajstić information content (AvgIpc) is 2.92. The van der Waals surface area contributed by atoms with Crippen LogP contribution in [0.25, 0.3) is 0 Å². The van der Waals surface area contributed by atoms with Crippen molar-refractivity contribution in [2.75, 3.05) is 18.5 Å². The molecule has 0 fully saturated rings. The second-order valence-electron chi connectivity index (χ2n) is 5.71. The number of rotatable bonds is 8. The van der Waals surface area contributed by atoms with E-state index in [1.165, 1.54) is 23.5 Å². The van der Waals surface area contributed by atoms with Crippen molar-refractivity contribution in [2.45, 2.75) is 33.7 Å². The Labute approximate surface area is 156 Å². The minimum absolute atomic E-state index is 0.0814. The molecule has 0 aliphatic heterocycles. The van der Waals surface area contributed by atoms with Gasteiger partial charge in [0.2, 0.25) is 5.91 Å². The smallest absolute Gasteiger partial charge is 0.341 e. The lowest BCUT2D eigenvalue weighted by atomic mass is 10.1. The summed E-state index contributed by atoms with van der Waals surface area (Å²) in [7, 11) is 0. The molecule has 5 nitrogen and oxygen atoms in total. The van der Waals surface area contributed by atoms with Crippen molar-refractivity contribution in [3.8, 4) is 0 Å². The first-order valence-corrected chi connectivity index (χ1v) is 9.32. The zero-order chi connectivity index (χ0) is 19.1. The second-order valence-corrected chi connectivity index (χ2v) is 6.81. The number of anilines is 1. The van der Waals surface area contributed by atoms with Crippen molar-refractivity contribution >= 4 is 28.2 Å². The van der Waals surface area contributed by atoms with Gasteiger partial charge in [0.05, 0.1) is 18.7 Å². The number of carbonyl (C=O) groups excluding carboxylic acids is 2. The van der Waals surface area contributed by atoms with E-state index in [-0.39, 0.29) is 24.9 Å². The van der Waals surface area contributed by atoms with Crippen LogP contribution in [0, 0.1) is 12.7 Å². The summed E-state index contributed by atoms with van der Waals surface area (Å²) in [5.41, 5.74) is 2.16. The quantitative estimate of drug-likeness (QED) is 0.688. The lowest BCUT2D eigenvalue weighted by molar-refractivity contribution is -0.115. The molecule has 1 heterocycles. The molecule has 140 valence electrons. The van der Waals surface area contributed by atoms with Crippen LogP contribution in [0.5, 0.6) is 0 Å². The van der Waals surface area contributed by atoms with Crippen LogP contribution in [-0.4, -0.2) is 25.0 Å². The third-order valence-electron chi connectivity index (χ3n) is 3.83. The number of carbonyl (C=O) groups is 2. The molecule has 1 aromatic heterocycles. The number of halogens is 1. The van der Waals surface area contributed by atoms with Gasteiger partial charge in [-0.1, -0.05) is 19.1 Å². The van der Waals surface area contributed by atoms with Gasteiger partial charge in [0.1, 0.15) is 10.8 Å². The van der Waals surface area contributed by atoms with E-state index in [1.54, 1.807) is 19.1 Å². The van der Waals surface area contributed by atoms with Crippen LogP contribution in [0.3, 0.4) is 0 Å². The van der Waals surface area contributed by atoms with Crippen molar-refractivity contribution in [2.24, 2.45) is 0 Å². The SMILES string of the molecule is CCOC(=O)c1c(NC(=O)CNCc2ccc(F)cc2)sc(CC)c1C. The molecule has 0 saturated carbocycles. The van der Waals surface area contributed by atoms with Crippen LogP contribution < -0.4 is 10.6 Å². The third kappa shape index (κ3) is 5.12. The molecule has 0 spiro atoms. The number of esters is 1. The van der Waals surface area contributed by atoms with E-state index in [1.807, 2.05) is 13.8 Å². The zero-order valence-corrected chi connectivity index (χ0v) is 16.0. The van der Waals surface area contributed by atoms with Crippen LogP contribution in [0.2, 0.25) is 0 Å². The Kier molecular flexibility index (Phi) is 7.29. The Morgan fingerprint density at radius 3 is 2.50 bits per heavy atom. The number of benzene rings is 1. The summed E-state index contributed by atoms with van der Waals surface area (Å²) >= 11 is 1.40. The van der Waals surface area contributed by atoms with E-state index < -0.39 is 5.97 Å². The van der Waals surface area contributed by atoms with Crippen molar-refractivity contribution in [3.63, 3.8) is 0 Å². The number of ether oxygens (including phenoxy) is 1. The fourth-order valence-electron chi connectivity index (χ4n) is 2.53. The average molecular weight is 378 g/mol. The first-order chi connectivity index (χ1) is 12.5. The summed E-state index contributed by atoms with van der Waals surface area (Å²) in [6, 6.07) is 6.08. The summed E-state index contributed by atoms with van der Waals surface area (Å²) < 4.78 is 18.0. The van der Waals surface area contributed by atoms with Crippen molar-refractivity contribution in [1.29, 1.82) is 0 Å². The van der Waals surface area contributed by atoms with Crippen molar-refractivity contribution < 1.29 is 18.7 Å². The molecule has 2 aromatic rings. The molecule has 0 bridgehead atoms. The number of thiophene rings is 1. The van der Waals surface area contributed by atoms with Crippen LogP contribution in [-0.2, 0) is 22.5 Å². The molecule has 0 unspecified atom stereocenters. The number of hydrogen-bond acceptors (Lipinski definition) is 5. The maximum absolute atomic E-state index is 12.9. The lowest BCUT2D eigenvalue weighted by Crippen LogP contribution is -2.28. The predicted octanol–water partition coefficient (Wildman–Crippen LogP) is 3.66. The molecule has 1 aromatic carbocycles. The Bertz CT molecular complexity index is 772. The molecule has 0 saturated heterocycles. The van der Waals surface area contributed by atoms with E-state index in [0.717, 1.165) is 22.4 Å². The number of nitrogens with one attached hydrogen (secondary N) is 2. The third-order valence-corrected chi connectivity index (χ3v) is 5.18. The molecule has 2 N–H and O–H groups in total. The highest BCUT2D eigenvalue weighted by atomic mass is 32.1. The highest BCUT2D eigenvalue weighted by Crippen LogP contribution is 2.34. The largest absolute Gasteiger partial charge is 0.462 e. The summed E-state index contributed by atoms with van der Waals surface area (Å²) in [4.78, 5) is 25.5. The van der Waals surface area contributed by atoms with Gasteiger partial charge in [-0.25, -0.2) is 9.18 Å². The standard InChI is InChI=1S/C19H23FN2O3S/c1-4-15-12(3)17(19(24)25-5-2)18(26-15)22-16(23)11-21-10-13-6-8-14(20)9-7-13/h6-9,21H,4-5,10-11H2,1-3H3,(H,22,23). The number of hydrogen-bond donors (Lipinski definition) is 2. The van der Waals surface area contributed by atoms with Crippen LogP contribution in [0.15, 0.2) is 24.3 Å². The number of amides is 1. The monoisotopic (exact) mass is 378 g/mol. The summed E-state index contributed by atoms with van der Waals surface area (Å²) in [5.74, 6) is -0.963. The predicted molar refractivity (Wildman–Crippen MR) is 101 cm³/mol. The van der Waals surface area contributed by atoms with Gasteiger partial charge in [-0.3, -0.25) is 4.79 Å². The van der Waals surface area contributed by atoms with Gasteiger partial charge in [0.25, 0.3) is 0 Å². The second kappa shape index (κ2) is 9.45. The molecule has 0 aliphatic carbocycles. The summed E-state index contributed by atoms with van der Waals surface area (Å²) in [6.07, 6.45) is 0.779. The Hall–Kier alpha value is -2.25. The van der Waals surface area contributed by atoms with Crippen LogP contribution in [0.1, 0.15) is 40.2 Å². The molecule has 0 aliphatic rings. The zero-order valence-electron chi connectivity index (χ0n) is 15.1. The van der Waals surface area contributed by atoms with Gasteiger partial charge in [-0.15, -0.1) is 11.3 Å². The minimum Gasteiger partial charge on any atom is -0.462 e. The fraction of sp³-hybridized carbons (Fsp3) is 0.368. The Morgan fingerprint density at radius 2 is 1.88 bits per heavy atom. The van der Waals surface area contributed by atoms with Gasteiger partial charge in [0, 0.05) is 11.4 Å². The van der Waals surface area contributed by atoms with Crippen LogP contribution >= 0.6 is 11.3 Å². The highest BCUT2D eigenvalue weighted by molar-refractivity contribution is 7.17. The molecule has 2 rings (SSSR count). The molecular weight excluding hydrogens is 355 g/mol. The Balaban J connectivity index is 1.99. The first-order valence-electron chi connectivity index (χ1n) is 8.50. The normalized spacial score (nSPS) is 10.6. The van der Waals surface area contributed by atoms with Crippen molar-refractivity contribution in [3.05, 3.63) is 51.7 Å². The topological polar surface area (TPSA) is 67.4 Å². The summed E-state index contributed by atoms with van der Waals surface area (Å²) in [6.45, 7) is 6.42. The van der Waals surface area contributed by atoms with E-state index >= 15 is 0 Å². The van der Waals surface area contributed by atoms with E-state index in [2.05, 4.69) is 10.6 Å². The lowest BCUT2D eigenvalue weighted by Gasteiger charge is -2.08.